The Balaban J connectivity index is 1.56. The molecule has 0 radical (unpaired) electrons. The minimum atomic E-state index is -4.57. The third-order valence-electron chi connectivity index (χ3n) is 6.92. The van der Waals surface area contributed by atoms with Crippen molar-refractivity contribution in [2.75, 3.05) is 13.1 Å². The Morgan fingerprint density at radius 3 is 2.50 bits per heavy atom. The van der Waals surface area contributed by atoms with Crippen LogP contribution in [0.3, 0.4) is 0 Å². The van der Waals surface area contributed by atoms with Crippen molar-refractivity contribution < 1.29 is 32.3 Å². The summed E-state index contributed by atoms with van der Waals surface area (Å²) < 4.78 is 39.9. The molecule has 3 aliphatic rings. The fraction of sp³-hybridized carbons (Fsp3) is 0.565. The number of benzene rings is 1. The molecule has 34 heavy (non-hydrogen) atoms. The van der Waals surface area contributed by atoms with Gasteiger partial charge in [-0.2, -0.15) is 13.2 Å². The zero-order valence-electron chi connectivity index (χ0n) is 18.8. The zero-order chi connectivity index (χ0) is 24.7. The molecule has 1 spiro atoms. The normalized spacial score (nSPS) is 21.8. The standard InChI is InChI=1S/C23H27F3N4O4/c1-14(30-20(33)22(28-21(30)34)9-2-3-10-22)19(32)27-17(13-29-11-5-8-18(29)31)15-6-4-7-16(12-15)23(24,25)26/h4,6-7,12,14,17H,2-3,5,8-11,13H2,1H3,(H,27,32)(H,28,34). The summed E-state index contributed by atoms with van der Waals surface area (Å²) in [7, 11) is 0. The number of nitrogens with one attached hydrogen (secondary N) is 2. The van der Waals surface area contributed by atoms with Crippen molar-refractivity contribution >= 4 is 23.8 Å². The van der Waals surface area contributed by atoms with Crippen LogP contribution in [0, 0.1) is 0 Å². The SMILES string of the molecule is CC(C(=O)NC(CN1CCCC1=O)c1cccc(C(F)(F)F)c1)N1C(=O)NC2(CCCC2)C1=O. The van der Waals surface area contributed by atoms with Gasteiger partial charge in [-0.3, -0.25) is 14.4 Å². The Bertz CT molecular complexity index is 1010. The number of imide groups is 1. The summed E-state index contributed by atoms with van der Waals surface area (Å²) in [6.45, 7) is 1.84. The number of halogens is 3. The lowest BCUT2D eigenvalue weighted by Gasteiger charge is -2.29. The number of alkyl halides is 3. The second kappa shape index (κ2) is 8.92. The molecule has 184 valence electrons. The highest BCUT2D eigenvalue weighted by molar-refractivity contribution is 6.10. The molecule has 2 atom stereocenters. The first-order valence-corrected chi connectivity index (χ1v) is 11.4. The zero-order valence-corrected chi connectivity index (χ0v) is 18.8. The number of likely N-dealkylation sites (tertiary alicyclic amines) is 1. The Kier molecular flexibility index (Phi) is 6.30. The van der Waals surface area contributed by atoms with E-state index in [4.69, 9.17) is 0 Å². The Morgan fingerprint density at radius 2 is 1.88 bits per heavy atom. The summed E-state index contributed by atoms with van der Waals surface area (Å²) in [5.41, 5.74) is -1.67. The Morgan fingerprint density at radius 1 is 1.18 bits per heavy atom. The van der Waals surface area contributed by atoms with Crippen molar-refractivity contribution in [3.8, 4) is 0 Å². The summed E-state index contributed by atoms with van der Waals surface area (Å²) in [4.78, 5) is 53.2. The minimum absolute atomic E-state index is 0.0112. The number of rotatable bonds is 6. The average Bonchev–Trinajstić information content (AvgIpc) is 3.47. The number of amides is 5. The smallest absolute Gasteiger partial charge is 0.346 e. The maximum Gasteiger partial charge on any atom is 0.416 e. The van der Waals surface area contributed by atoms with Crippen LogP contribution in [0.15, 0.2) is 24.3 Å². The lowest BCUT2D eigenvalue weighted by Crippen LogP contribution is -2.51. The van der Waals surface area contributed by atoms with Crippen LogP contribution in [0.5, 0.6) is 0 Å². The summed E-state index contributed by atoms with van der Waals surface area (Å²) in [5, 5.41) is 5.40. The van der Waals surface area contributed by atoms with Crippen molar-refractivity contribution in [3.63, 3.8) is 0 Å². The van der Waals surface area contributed by atoms with Crippen molar-refractivity contribution in [2.45, 2.75) is 69.2 Å². The van der Waals surface area contributed by atoms with Gasteiger partial charge in [-0.1, -0.05) is 25.0 Å². The highest BCUT2D eigenvalue weighted by Gasteiger charge is 2.54. The molecule has 1 aromatic carbocycles. The van der Waals surface area contributed by atoms with E-state index in [1.165, 1.54) is 24.0 Å². The van der Waals surface area contributed by atoms with Crippen LogP contribution in [0.1, 0.15) is 62.6 Å². The number of nitrogens with zero attached hydrogens (tertiary/aromatic N) is 2. The Hall–Kier alpha value is -3.11. The first kappa shape index (κ1) is 24.0. The van der Waals surface area contributed by atoms with Crippen molar-refractivity contribution in [1.29, 1.82) is 0 Å². The highest BCUT2D eigenvalue weighted by Crippen LogP contribution is 2.36. The van der Waals surface area contributed by atoms with E-state index in [2.05, 4.69) is 10.6 Å². The van der Waals surface area contributed by atoms with Crippen molar-refractivity contribution in [3.05, 3.63) is 35.4 Å². The van der Waals surface area contributed by atoms with Gasteiger partial charge in [-0.05, 0) is 43.9 Å². The van der Waals surface area contributed by atoms with Gasteiger partial charge in [-0.25, -0.2) is 9.69 Å². The largest absolute Gasteiger partial charge is 0.416 e. The minimum Gasteiger partial charge on any atom is -0.346 e. The molecular formula is C23H27F3N4O4. The van der Waals surface area contributed by atoms with Crippen LogP contribution >= 0.6 is 0 Å². The van der Waals surface area contributed by atoms with Crippen LogP contribution < -0.4 is 10.6 Å². The van der Waals surface area contributed by atoms with Crippen molar-refractivity contribution in [2.24, 2.45) is 0 Å². The average molecular weight is 480 g/mol. The van der Waals surface area contributed by atoms with Gasteiger partial charge in [0.25, 0.3) is 5.91 Å². The lowest BCUT2D eigenvalue weighted by atomic mass is 9.97. The summed E-state index contributed by atoms with van der Waals surface area (Å²) in [5.74, 6) is -1.29. The number of urea groups is 1. The molecule has 0 bridgehead atoms. The molecule has 4 rings (SSSR count). The number of hydrogen-bond acceptors (Lipinski definition) is 4. The molecule has 5 amide bonds. The lowest BCUT2D eigenvalue weighted by molar-refractivity contribution is -0.138. The van der Waals surface area contributed by atoms with Gasteiger partial charge in [0.2, 0.25) is 11.8 Å². The van der Waals surface area contributed by atoms with Crippen LogP contribution in [0.4, 0.5) is 18.0 Å². The van der Waals surface area contributed by atoms with Crippen LogP contribution in [0.25, 0.3) is 0 Å². The van der Waals surface area contributed by atoms with Gasteiger partial charge in [0.1, 0.15) is 11.6 Å². The molecule has 2 aliphatic heterocycles. The number of carbonyl (C=O) groups excluding carboxylic acids is 4. The van der Waals surface area contributed by atoms with E-state index in [-0.39, 0.29) is 18.0 Å². The van der Waals surface area contributed by atoms with Gasteiger partial charge in [0, 0.05) is 19.5 Å². The molecule has 2 N–H and O–H groups in total. The second-order valence-corrected chi connectivity index (χ2v) is 9.20. The third-order valence-corrected chi connectivity index (χ3v) is 6.92. The molecule has 1 aromatic rings. The molecule has 11 heteroatoms. The summed E-state index contributed by atoms with van der Waals surface area (Å²) in [6, 6.07) is 1.80. The van der Waals surface area contributed by atoms with E-state index >= 15 is 0 Å². The Labute approximate surface area is 194 Å². The molecule has 2 saturated heterocycles. The molecule has 2 heterocycles. The second-order valence-electron chi connectivity index (χ2n) is 9.20. The quantitative estimate of drug-likeness (QED) is 0.612. The number of hydrogen-bond donors (Lipinski definition) is 2. The van der Waals surface area contributed by atoms with Gasteiger partial charge in [-0.15, -0.1) is 0 Å². The van der Waals surface area contributed by atoms with Crippen molar-refractivity contribution in [1.82, 2.24) is 20.4 Å². The number of carbonyl (C=O) groups is 4. The fourth-order valence-corrected chi connectivity index (χ4v) is 5.00. The van der Waals surface area contributed by atoms with Gasteiger partial charge in [0.15, 0.2) is 0 Å². The molecule has 8 nitrogen and oxygen atoms in total. The highest BCUT2D eigenvalue weighted by atomic mass is 19.4. The van der Waals surface area contributed by atoms with E-state index in [9.17, 15) is 32.3 Å². The molecule has 1 aliphatic carbocycles. The van der Waals surface area contributed by atoms with Crippen LogP contribution in [-0.4, -0.2) is 58.2 Å². The maximum atomic E-state index is 13.3. The van der Waals surface area contributed by atoms with Crippen LogP contribution in [-0.2, 0) is 20.6 Å². The summed E-state index contributed by atoms with van der Waals surface area (Å²) >= 11 is 0. The van der Waals surface area contributed by atoms with Crippen LogP contribution in [0.2, 0.25) is 0 Å². The van der Waals surface area contributed by atoms with E-state index in [1.807, 2.05) is 0 Å². The summed E-state index contributed by atoms with van der Waals surface area (Å²) in [6.07, 6.45) is -1.01. The monoisotopic (exact) mass is 480 g/mol. The third kappa shape index (κ3) is 4.47. The van der Waals surface area contributed by atoms with E-state index < -0.39 is 47.2 Å². The van der Waals surface area contributed by atoms with Gasteiger partial charge >= 0.3 is 12.2 Å². The fourth-order valence-electron chi connectivity index (χ4n) is 5.00. The first-order valence-electron chi connectivity index (χ1n) is 11.4. The van der Waals surface area contributed by atoms with E-state index in [0.29, 0.717) is 32.2 Å². The maximum absolute atomic E-state index is 13.3. The van der Waals surface area contributed by atoms with Gasteiger partial charge in [0.05, 0.1) is 11.6 Å². The molecule has 1 saturated carbocycles. The molecular weight excluding hydrogens is 453 g/mol. The predicted octanol–water partition coefficient (Wildman–Crippen LogP) is 2.74. The molecule has 3 fully saturated rings. The van der Waals surface area contributed by atoms with E-state index in [1.54, 1.807) is 0 Å². The predicted molar refractivity (Wildman–Crippen MR) is 114 cm³/mol. The van der Waals surface area contributed by atoms with E-state index in [0.717, 1.165) is 29.9 Å². The first-order chi connectivity index (χ1) is 16.0. The molecule has 0 aromatic heterocycles. The topological polar surface area (TPSA) is 98.8 Å². The molecule has 2 unspecified atom stereocenters. The van der Waals surface area contributed by atoms with Gasteiger partial charge < -0.3 is 15.5 Å².